The Morgan fingerprint density at radius 3 is 2.64 bits per heavy atom. The van der Waals surface area contributed by atoms with Gasteiger partial charge in [0.1, 0.15) is 0 Å². The molecule has 1 N–H and O–H groups in total. The number of piperazine rings is 1. The Hall–Kier alpha value is -2.04. The average Bonchev–Trinajstić information content (AvgIpc) is 2.98. The van der Waals surface area contributed by atoms with Gasteiger partial charge < -0.3 is 4.90 Å². The van der Waals surface area contributed by atoms with Gasteiger partial charge in [-0.1, -0.05) is 0 Å². The monoisotopic (exact) mass is 324 g/mol. The molecule has 3 heterocycles. The van der Waals surface area contributed by atoms with Crippen LogP contribution in [-0.2, 0) is 10.2 Å². The topological polar surface area (TPSA) is 99.9 Å². The van der Waals surface area contributed by atoms with E-state index >= 15 is 0 Å². The van der Waals surface area contributed by atoms with Gasteiger partial charge in [-0.05, 0) is 0 Å². The summed E-state index contributed by atoms with van der Waals surface area (Å²) in [6.07, 6.45) is 6.36. The van der Waals surface area contributed by atoms with Crippen LogP contribution in [0.4, 0.5) is 0 Å². The number of nitrogens with one attached hydrogen (secondary N) is 1. The Morgan fingerprint density at radius 2 is 1.95 bits per heavy atom. The molecule has 1 fully saturated rings. The lowest BCUT2D eigenvalue weighted by Gasteiger charge is -2.33. The number of hydrogen-bond donors (Lipinski definition) is 1. The van der Waals surface area contributed by atoms with E-state index in [9.17, 15) is 13.2 Å². The molecule has 0 saturated carbocycles. The van der Waals surface area contributed by atoms with Crippen LogP contribution < -0.4 is 4.72 Å². The molecule has 0 radical (unpaired) electrons. The number of carbonyl (C=O) groups is 1. The minimum atomic E-state index is -3.44. The zero-order valence-electron chi connectivity index (χ0n) is 12.0. The number of hydrogen-bond acceptors (Lipinski definition) is 5. The number of aromatic nitrogens is 3. The van der Waals surface area contributed by atoms with Crippen LogP contribution in [0.1, 0.15) is 10.4 Å². The normalized spacial score (nSPS) is 17.0. The fourth-order valence-electron chi connectivity index (χ4n) is 2.43. The van der Waals surface area contributed by atoms with Crippen LogP contribution in [0, 0.1) is 0 Å². The highest BCUT2D eigenvalue weighted by Crippen LogP contribution is 2.14. The number of amides is 1. The highest BCUT2D eigenvalue weighted by atomic mass is 32.2. The van der Waals surface area contributed by atoms with Gasteiger partial charge in [0.25, 0.3) is 16.1 Å². The van der Waals surface area contributed by atoms with Crippen LogP contribution in [0.5, 0.6) is 0 Å². The van der Waals surface area contributed by atoms with Crippen molar-refractivity contribution in [2.75, 3.05) is 33.2 Å². The summed E-state index contributed by atoms with van der Waals surface area (Å²) in [5.41, 5.74) is 1.11. The summed E-state index contributed by atoms with van der Waals surface area (Å²) in [6.45, 7) is 1.23. The fourth-order valence-corrected chi connectivity index (χ4v) is 3.33. The van der Waals surface area contributed by atoms with E-state index in [2.05, 4.69) is 14.8 Å². The SMILES string of the molecule is CNS(=O)(=O)N1CCN(C(=O)c2cnn3ccncc23)CC1. The molecule has 0 spiro atoms. The zero-order valence-corrected chi connectivity index (χ0v) is 12.8. The molecule has 10 heteroatoms. The molecular formula is C12H16N6O3S. The van der Waals surface area contributed by atoms with Gasteiger partial charge in [-0.3, -0.25) is 9.78 Å². The summed E-state index contributed by atoms with van der Waals surface area (Å²) < 4.78 is 28.6. The van der Waals surface area contributed by atoms with Crippen molar-refractivity contribution in [3.05, 3.63) is 30.4 Å². The van der Waals surface area contributed by atoms with E-state index in [1.54, 1.807) is 28.0 Å². The Balaban J connectivity index is 1.75. The Morgan fingerprint density at radius 1 is 1.23 bits per heavy atom. The summed E-state index contributed by atoms with van der Waals surface area (Å²) in [5, 5.41) is 4.11. The van der Waals surface area contributed by atoms with E-state index in [0.29, 0.717) is 24.2 Å². The van der Waals surface area contributed by atoms with Crippen molar-refractivity contribution in [2.24, 2.45) is 0 Å². The fraction of sp³-hybridized carbons (Fsp3) is 0.417. The summed E-state index contributed by atoms with van der Waals surface area (Å²) in [5.74, 6) is -0.162. The largest absolute Gasteiger partial charge is 0.336 e. The smallest absolute Gasteiger partial charge is 0.279 e. The van der Waals surface area contributed by atoms with E-state index in [0.717, 1.165) is 0 Å². The van der Waals surface area contributed by atoms with Gasteiger partial charge in [-0.25, -0.2) is 9.24 Å². The molecule has 0 bridgehead atoms. The Labute approximate surface area is 127 Å². The molecular weight excluding hydrogens is 308 g/mol. The third-order valence-corrected chi connectivity index (χ3v) is 5.24. The zero-order chi connectivity index (χ0) is 15.7. The van der Waals surface area contributed by atoms with Gasteiger partial charge in [0.2, 0.25) is 0 Å². The van der Waals surface area contributed by atoms with Gasteiger partial charge in [0.15, 0.2) is 0 Å². The maximum atomic E-state index is 12.6. The highest BCUT2D eigenvalue weighted by molar-refractivity contribution is 7.87. The van der Waals surface area contributed by atoms with Crippen molar-refractivity contribution in [1.29, 1.82) is 0 Å². The molecule has 1 amide bonds. The minimum Gasteiger partial charge on any atom is -0.336 e. The molecule has 1 aliphatic heterocycles. The van der Waals surface area contributed by atoms with E-state index in [1.165, 1.54) is 17.5 Å². The standard InChI is InChI=1S/C12H16N6O3S/c1-13-22(20,21)17-6-4-16(5-7-17)12(19)10-8-15-18-3-2-14-9-11(10)18/h2-3,8-9,13H,4-7H2,1H3. The molecule has 1 aliphatic rings. The third-order valence-electron chi connectivity index (χ3n) is 3.68. The van der Waals surface area contributed by atoms with E-state index in [4.69, 9.17) is 0 Å². The molecule has 22 heavy (non-hydrogen) atoms. The summed E-state index contributed by atoms with van der Waals surface area (Å²) in [4.78, 5) is 18.2. The lowest BCUT2D eigenvalue weighted by atomic mass is 10.2. The van der Waals surface area contributed by atoms with Gasteiger partial charge in [0, 0.05) is 45.6 Å². The molecule has 1 saturated heterocycles. The summed E-state index contributed by atoms with van der Waals surface area (Å²) in [6, 6.07) is 0. The molecule has 0 aliphatic carbocycles. The molecule has 3 rings (SSSR count). The number of carbonyl (C=O) groups excluding carboxylic acids is 1. The maximum absolute atomic E-state index is 12.6. The molecule has 0 aromatic carbocycles. The second-order valence-corrected chi connectivity index (χ2v) is 6.74. The van der Waals surface area contributed by atoms with E-state index in [-0.39, 0.29) is 19.0 Å². The first-order chi connectivity index (χ1) is 10.5. The van der Waals surface area contributed by atoms with Gasteiger partial charge >= 0.3 is 0 Å². The lowest BCUT2D eigenvalue weighted by Crippen LogP contribution is -2.52. The highest BCUT2D eigenvalue weighted by Gasteiger charge is 2.29. The summed E-state index contributed by atoms with van der Waals surface area (Å²) in [7, 11) is -2.07. The van der Waals surface area contributed by atoms with Crippen molar-refractivity contribution >= 4 is 21.6 Å². The van der Waals surface area contributed by atoms with Crippen LogP contribution in [0.3, 0.4) is 0 Å². The number of rotatable bonds is 3. The Bertz CT molecular complexity index is 794. The number of fused-ring (bicyclic) bond motifs is 1. The van der Waals surface area contributed by atoms with Crippen molar-refractivity contribution in [3.63, 3.8) is 0 Å². The number of nitrogens with zero attached hydrogens (tertiary/aromatic N) is 5. The van der Waals surface area contributed by atoms with Gasteiger partial charge in [-0.15, -0.1) is 0 Å². The molecule has 0 atom stereocenters. The van der Waals surface area contributed by atoms with Crippen LogP contribution in [0.25, 0.3) is 5.52 Å². The van der Waals surface area contributed by atoms with Crippen LogP contribution >= 0.6 is 0 Å². The second kappa shape index (κ2) is 5.63. The van der Waals surface area contributed by atoms with E-state index < -0.39 is 10.2 Å². The maximum Gasteiger partial charge on any atom is 0.279 e. The second-order valence-electron chi connectivity index (χ2n) is 4.86. The van der Waals surface area contributed by atoms with Gasteiger partial charge in [-0.2, -0.15) is 17.8 Å². The first-order valence-corrected chi connectivity index (χ1v) is 8.22. The van der Waals surface area contributed by atoms with Crippen molar-refractivity contribution in [3.8, 4) is 0 Å². The molecule has 2 aromatic heterocycles. The van der Waals surface area contributed by atoms with E-state index in [1.807, 2.05) is 0 Å². The van der Waals surface area contributed by atoms with Crippen LogP contribution in [-0.4, -0.2) is 71.4 Å². The predicted octanol–water partition coefficient (Wildman–Crippen LogP) is -1.05. The third kappa shape index (κ3) is 2.56. The predicted molar refractivity (Wildman–Crippen MR) is 78.4 cm³/mol. The van der Waals surface area contributed by atoms with Gasteiger partial charge in [0.05, 0.1) is 23.5 Å². The molecule has 9 nitrogen and oxygen atoms in total. The first-order valence-electron chi connectivity index (χ1n) is 6.78. The summed E-state index contributed by atoms with van der Waals surface area (Å²) >= 11 is 0. The average molecular weight is 324 g/mol. The van der Waals surface area contributed by atoms with Crippen LogP contribution in [0.15, 0.2) is 24.8 Å². The van der Waals surface area contributed by atoms with Crippen molar-refractivity contribution in [2.45, 2.75) is 0 Å². The van der Waals surface area contributed by atoms with Crippen molar-refractivity contribution < 1.29 is 13.2 Å². The Kier molecular flexibility index (Phi) is 3.81. The molecule has 2 aromatic rings. The molecule has 0 unspecified atom stereocenters. The minimum absolute atomic E-state index is 0.162. The van der Waals surface area contributed by atoms with Crippen LogP contribution in [0.2, 0.25) is 0 Å². The first kappa shape index (κ1) is 14.9. The quantitative estimate of drug-likeness (QED) is 0.777. The molecule has 118 valence electrons. The van der Waals surface area contributed by atoms with Crippen molar-refractivity contribution in [1.82, 2.24) is 28.5 Å². The lowest BCUT2D eigenvalue weighted by molar-refractivity contribution is 0.0699.